The summed E-state index contributed by atoms with van der Waals surface area (Å²) < 4.78 is 22.4. The Kier molecular flexibility index (Phi) is 4.90. The van der Waals surface area contributed by atoms with Crippen LogP contribution in [0, 0.1) is 0 Å². The standard InChI is InChI=1S/C11H16FNO2/c1-14-11-7-9(8-13)3-4-10(11)15-6-2-5-12/h3-4,7H,2,5-6,8,13H2,1H3. The Morgan fingerprint density at radius 1 is 1.33 bits per heavy atom. The Labute approximate surface area is 89.0 Å². The smallest absolute Gasteiger partial charge is 0.161 e. The number of halogens is 1. The fraction of sp³-hybridized carbons (Fsp3) is 0.455. The van der Waals surface area contributed by atoms with Crippen LogP contribution in [0.3, 0.4) is 0 Å². The highest BCUT2D eigenvalue weighted by molar-refractivity contribution is 5.42. The molecule has 0 heterocycles. The second-order valence-corrected chi connectivity index (χ2v) is 3.08. The van der Waals surface area contributed by atoms with Crippen LogP contribution in [0.1, 0.15) is 12.0 Å². The molecule has 4 heteroatoms. The van der Waals surface area contributed by atoms with Crippen LogP contribution in [0.25, 0.3) is 0 Å². The van der Waals surface area contributed by atoms with Gasteiger partial charge in [-0.2, -0.15) is 0 Å². The normalized spacial score (nSPS) is 10.1. The third kappa shape index (κ3) is 3.40. The van der Waals surface area contributed by atoms with E-state index >= 15 is 0 Å². The highest BCUT2D eigenvalue weighted by Crippen LogP contribution is 2.27. The predicted octanol–water partition coefficient (Wildman–Crippen LogP) is 1.89. The lowest BCUT2D eigenvalue weighted by molar-refractivity contribution is 0.273. The average molecular weight is 213 g/mol. The summed E-state index contributed by atoms with van der Waals surface area (Å²) in [5.41, 5.74) is 6.48. The molecule has 0 aliphatic heterocycles. The zero-order valence-corrected chi connectivity index (χ0v) is 8.83. The molecule has 0 aliphatic rings. The molecule has 3 nitrogen and oxygen atoms in total. The molecule has 0 aliphatic carbocycles. The Hall–Kier alpha value is -1.29. The van der Waals surface area contributed by atoms with Gasteiger partial charge in [-0.3, -0.25) is 4.39 Å². The molecule has 0 fully saturated rings. The zero-order chi connectivity index (χ0) is 11.1. The average Bonchev–Trinajstić information content (AvgIpc) is 2.29. The van der Waals surface area contributed by atoms with Crippen molar-refractivity contribution in [3.8, 4) is 11.5 Å². The van der Waals surface area contributed by atoms with Gasteiger partial charge < -0.3 is 15.2 Å². The highest BCUT2D eigenvalue weighted by atomic mass is 19.1. The maximum atomic E-state index is 11.9. The van der Waals surface area contributed by atoms with E-state index in [1.54, 1.807) is 13.2 Å². The number of rotatable bonds is 6. The molecule has 0 atom stereocenters. The van der Waals surface area contributed by atoms with Gasteiger partial charge in [0.2, 0.25) is 0 Å². The lowest BCUT2D eigenvalue weighted by Crippen LogP contribution is -2.02. The molecule has 0 amide bonds. The van der Waals surface area contributed by atoms with Crippen molar-refractivity contribution in [1.29, 1.82) is 0 Å². The van der Waals surface area contributed by atoms with Crippen molar-refractivity contribution < 1.29 is 13.9 Å². The number of hydrogen-bond acceptors (Lipinski definition) is 3. The predicted molar refractivity (Wildman–Crippen MR) is 57.0 cm³/mol. The molecule has 84 valence electrons. The number of alkyl halides is 1. The maximum Gasteiger partial charge on any atom is 0.161 e. The lowest BCUT2D eigenvalue weighted by Gasteiger charge is -2.10. The van der Waals surface area contributed by atoms with Gasteiger partial charge in [-0.05, 0) is 17.7 Å². The molecular weight excluding hydrogens is 197 g/mol. The summed E-state index contributed by atoms with van der Waals surface area (Å²) in [6.45, 7) is 0.444. The summed E-state index contributed by atoms with van der Waals surface area (Å²) in [5.74, 6) is 1.26. The molecule has 2 N–H and O–H groups in total. The molecule has 1 rings (SSSR count). The second-order valence-electron chi connectivity index (χ2n) is 3.08. The van der Waals surface area contributed by atoms with Crippen molar-refractivity contribution in [3.05, 3.63) is 23.8 Å². The SMILES string of the molecule is COc1cc(CN)ccc1OCCCF. The first-order valence-corrected chi connectivity index (χ1v) is 4.87. The molecule has 15 heavy (non-hydrogen) atoms. The van der Waals surface area contributed by atoms with Gasteiger partial charge in [0.15, 0.2) is 11.5 Å². The third-order valence-electron chi connectivity index (χ3n) is 2.00. The largest absolute Gasteiger partial charge is 0.493 e. The summed E-state index contributed by atoms with van der Waals surface area (Å²) in [6, 6.07) is 5.48. The van der Waals surface area contributed by atoms with E-state index in [0.29, 0.717) is 31.1 Å². The van der Waals surface area contributed by atoms with Crippen molar-refractivity contribution in [2.24, 2.45) is 5.73 Å². The van der Waals surface area contributed by atoms with Gasteiger partial charge in [-0.15, -0.1) is 0 Å². The van der Waals surface area contributed by atoms with Crippen LogP contribution in [-0.2, 0) is 6.54 Å². The number of ether oxygens (including phenoxy) is 2. The molecule has 1 aromatic rings. The summed E-state index contributed by atoms with van der Waals surface area (Å²) in [5, 5.41) is 0. The van der Waals surface area contributed by atoms with Crippen LogP contribution >= 0.6 is 0 Å². The molecule has 0 aromatic heterocycles. The fourth-order valence-electron chi connectivity index (χ4n) is 1.19. The minimum atomic E-state index is -0.372. The Morgan fingerprint density at radius 2 is 2.13 bits per heavy atom. The van der Waals surface area contributed by atoms with E-state index in [1.807, 2.05) is 12.1 Å². The minimum Gasteiger partial charge on any atom is -0.493 e. The van der Waals surface area contributed by atoms with Crippen LogP contribution in [0.5, 0.6) is 11.5 Å². The van der Waals surface area contributed by atoms with E-state index in [1.165, 1.54) is 0 Å². The Bertz CT molecular complexity index is 305. The summed E-state index contributed by atoms with van der Waals surface area (Å²) in [4.78, 5) is 0. The van der Waals surface area contributed by atoms with E-state index in [9.17, 15) is 4.39 Å². The summed E-state index contributed by atoms with van der Waals surface area (Å²) in [6.07, 6.45) is 0.391. The van der Waals surface area contributed by atoms with Gasteiger partial charge in [-0.25, -0.2) is 0 Å². The minimum absolute atomic E-state index is 0.356. The van der Waals surface area contributed by atoms with Crippen LogP contribution in [0.2, 0.25) is 0 Å². The van der Waals surface area contributed by atoms with Crippen molar-refractivity contribution in [1.82, 2.24) is 0 Å². The van der Waals surface area contributed by atoms with E-state index in [-0.39, 0.29) is 6.67 Å². The maximum absolute atomic E-state index is 11.9. The first kappa shape index (κ1) is 11.8. The first-order valence-electron chi connectivity index (χ1n) is 4.87. The van der Waals surface area contributed by atoms with Crippen LogP contribution in [0.15, 0.2) is 18.2 Å². The molecule has 0 spiro atoms. The molecule has 0 unspecified atom stereocenters. The molecule has 0 saturated carbocycles. The van der Waals surface area contributed by atoms with E-state index in [2.05, 4.69) is 0 Å². The number of hydrogen-bond donors (Lipinski definition) is 1. The van der Waals surface area contributed by atoms with Crippen molar-refractivity contribution in [2.45, 2.75) is 13.0 Å². The fourth-order valence-corrected chi connectivity index (χ4v) is 1.19. The van der Waals surface area contributed by atoms with Crippen molar-refractivity contribution >= 4 is 0 Å². The Balaban J connectivity index is 2.69. The van der Waals surface area contributed by atoms with Crippen LogP contribution in [0.4, 0.5) is 4.39 Å². The second kappa shape index (κ2) is 6.24. The van der Waals surface area contributed by atoms with E-state index in [0.717, 1.165) is 5.56 Å². The van der Waals surface area contributed by atoms with Crippen LogP contribution in [-0.4, -0.2) is 20.4 Å². The molecule has 0 saturated heterocycles. The van der Waals surface area contributed by atoms with Gasteiger partial charge in [0.1, 0.15) is 0 Å². The summed E-state index contributed by atoms with van der Waals surface area (Å²) >= 11 is 0. The molecule has 0 radical (unpaired) electrons. The molecular formula is C11H16FNO2. The topological polar surface area (TPSA) is 44.5 Å². The first-order chi connectivity index (χ1) is 7.31. The zero-order valence-electron chi connectivity index (χ0n) is 8.83. The number of nitrogens with two attached hydrogens (primary N) is 1. The summed E-state index contributed by atoms with van der Waals surface area (Å²) in [7, 11) is 1.57. The monoisotopic (exact) mass is 213 g/mol. The highest BCUT2D eigenvalue weighted by Gasteiger charge is 2.04. The van der Waals surface area contributed by atoms with Gasteiger partial charge >= 0.3 is 0 Å². The van der Waals surface area contributed by atoms with Crippen molar-refractivity contribution in [3.63, 3.8) is 0 Å². The molecule has 0 bridgehead atoms. The van der Waals surface area contributed by atoms with Crippen molar-refractivity contribution in [2.75, 3.05) is 20.4 Å². The van der Waals surface area contributed by atoms with E-state index < -0.39 is 0 Å². The van der Waals surface area contributed by atoms with Crippen LogP contribution < -0.4 is 15.2 Å². The molecule has 1 aromatic carbocycles. The van der Waals surface area contributed by atoms with E-state index in [4.69, 9.17) is 15.2 Å². The Morgan fingerprint density at radius 3 is 2.73 bits per heavy atom. The quantitative estimate of drug-likeness (QED) is 0.734. The van der Waals surface area contributed by atoms with Gasteiger partial charge in [0, 0.05) is 13.0 Å². The third-order valence-corrected chi connectivity index (χ3v) is 2.00. The van der Waals surface area contributed by atoms with Gasteiger partial charge in [0.25, 0.3) is 0 Å². The number of benzene rings is 1. The lowest BCUT2D eigenvalue weighted by atomic mass is 10.2. The van der Waals surface area contributed by atoms with Gasteiger partial charge in [-0.1, -0.05) is 6.07 Å². The number of methoxy groups -OCH3 is 1. The van der Waals surface area contributed by atoms with Gasteiger partial charge in [0.05, 0.1) is 20.4 Å².